The second kappa shape index (κ2) is 4.76. The van der Waals surface area contributed by atoms with Crippen molar-refractivity contribution in [3.05, 3.63) is 24.3 Å². The lowest BCUT2D eigenvalue weighted by molar-refractivity contribution is 0.193. The second-order valence-corrected chi connectivity index (χ2v) is 6.66. The van der Waals surface area contributed by atoms with Gasteiger partial charge in [-0.2, -0.15) is 0 Å². The summed E-state index contributed by atoms with van der Waals surface area (Å²) in [6.07, 6.45) is 5.38. The minimum absolute atomic E-state index is 0.598. The number of anilines is 1. The average Bonchev–Trinajstić information content (AvgIpc) is 3.03. The number of fused-ring (bicyclic) bond motifs is 2. The van der Waals surface area contributed by atoms with Crippen molar-refractivity contribution < 1.29 is 0 Å². The van der Waals surface area contributed by atoms with E-state index in [0.29, 0.717) is 6.04 Å². The molecule has 0 amide bonds. The summed E-state index contributed by atoms with van der Waals surface area (Å²) in [4.78, 5) is 7.36. The molecule has 1 aromatic heterocycles. The zero-order valence-electron chi connectivity index (χ0n) is 11.0. The van der Waals surface area contributed by atoms with Crippen LogP contribution in [0.3, 0.4) is 0 Å². The van der Waals surface area contributed by atoms with Crippen LogP contribution in [-0.4, -0.2) is 35.1 Å². The largest absolute Gasteiger partial charge is 0.357 e. The molecule has 0 bridgehead atoms. The Balaban J connectivity index is 1.54. The first-order chi connectivity index (χ1) is 9.40. The van der Waals surface area contributed by atoms with Gasteiger partial charge in [-0.05, 0) is 37.9 Å². The summed E-state index contributed by atoms with van der Waals surface area (Å²) in [6, 6.07) is 9.73. The maximum atomic E-state index is 4.70. The highest BCUT2D eigenvalue weighted by atomic mass is 32.1. The summed E-state index contributed by atoms with van der Waals surface area (Å²) >= 11 is 1.78. The van der Waals surface area contributed by atoms with Gasteiger partial charge >= 0.3 is 0 Å². The number of rotatable bonds is 2. The van der Waals surface area contributed by atoms with E-state index in [2.05, 4.69) is 34.5 Å². The van der Waals surface area contributed by atoms with Gasteiger partial charge in [0.25, 0.3) is 0 Å². The maximum absolute atomic E-state index is 4.70. The molecule has 0 spiro atoms. The van der Waals surface area contributed by atoms with Gasteiger partial charge in [0.15, 0.2) is 5.13 Å². The molecule has 19 heavy (non-hydrogen) atoms. The Morgan fingerprint density at radius 3 is 3.05 bits per heavy atom. The van der Waals surface area contributed by atoms with Gasteiger partial charge in [0.2, 0.25) is 0 Å². The molecular formula is C15H19N3S. The van der Waals surface area contributed by atoms with Gasteiger partial charge in [0, 0.05) is 18.6 Å². The summed E-state index contributed by atoms with van der Waals surface area (Å²) in [5.74, 6) is 0. The summed E-state index contributed by atoms with van der Waals surface area (Å²) < 4.78 is 1.28. The highest BCUT2D eigenvalue weighted by Gasteiger charge is 2.35. The number of hydrogen-bond donors (Lipinski definition) is 1. The van der Waals surface area contributed by atoms with E-state index in [4.69, 9.17) is 4.98 Å². The third-order valence-electron chi connectivity index (χ3n) is 4.46. The van der Waals surface area contributed by atoms with Crippen molar-refractivity contribution in [1.82, 2.24) is 9.88 Å². The van der Waals surface area contributed by atoms with E-state index in [0.717, 1.165) is 16.7 Å². The number of hydrogen-bond acceptors (Lipinski definition) is 4. The SMILES string of the molecule is c1ccc2sc(NC3CCN4CCCCC34)nc2c1. The van der Waals surface area contributed by atoms with Gasteiger partial charge in [0.1, 0.15) is 0 Å². The van der Waals surface area contributed by atoms with Gasteiger partial charge in [-0.15, -0.1) is 0 Å². The van der Waals surface area contributed by atoms with E-state index in [-0.39, 0.29) is 0 Å². The highest BCUT2D eigenvalue weighted by Crippen LogP contribution is 2.32. The van der Waals surface area contributed by atoms with Crippen LogP contribution >= 0.6 is 11.3 Å². The highest BCUT2D eigenvalue weighted by molar-refractivity contribution is 7.22. The molecule has 100 valence electrons. The smallest absolute Gasteiger partial charge is 0.184 e. The quantitative estimate of drug-likeness (QED) is 0.909. The summed E-state index contributed by atoms with van der Waals surface area (Å²) in [6.45, 7) is 2.55. The van der Waals surface area contributed by atoms with E-state index in [1.165, 1.54) is 43.5 Å². The average molecular weight is 273 g/mol. The summed E-state index contributed by atoms with van der Waals surface area (Å²) in [7, 11) is 0. The Bertz CT molecular complexity index is 547. The van der Waals surface area contributed by atoms with Crippen LogP contribution in [0, 0.1) is 0 Å². The van der Waals surface area contributed by atoms with Gasteiger partial charge in [-0.25, -0.2) is 4.98 Å². The van der Waals surface area contributed by atoms with E-state index in [1.54, 1.807) is 11.3 Å². The molecule has 2 atom stereocenters. The molecule has 4 heteroatoms. The molecule has 0 saturated carbocycles. The molecule has 2 saturated heterocycles. The number of nitrogens with one attached hydrogen (secondary N) is 1. The van der Waals surface area contributed by atoms with E-state index in [1.807, 2.05) is 0 Å². The van der Waals surface area contributed by atoms with E-state index < -0.39 is 0 Å². The van der Waals surface area contributed by atoms with Crippen molar-refractivity contribution in [3.63, 3.8) is 0 Å². The summed E-state index contributed by atoms with van der Waals surface area (Å²) in [5, 5.41) is 4.79. The molecule has 1 N–H and O–H groups in total. The molecule has 2 fully saturated rings. The van der Waals surface area contributed by atoms with Gasteiger partial charge in [0.05, 0.1) is 10.2 Å². The predicted octanol–water partition coefficient (Wildman–Crippen LogP) is 3.34. The van der Waals surface area contributed by atoms with Crippen LogP contribution in [-0.2, 0) is 0 Å². The lowest BCUT2D eigenvalue weighted by Crippen LogP contribution is -2.41. The van der Waals surface area contributed by atoms with Gasteiger partial charge in [-0.1, -0.05) is 29.9 Å². The monoisotopic (exact) mass is 273 g/mol. The van der Waals surface area contributed by atoms with Crippen molar-refractivity contribution in [2.24, 2.45) is 0 Å². The topological polar surface area (TPSA) is 28.2 Å². The third kappa shape index (κ3) is 2.13. The summed E-state index contributed by atoms with van der Waals surface area (Å²) in [5.41, 5.74) is 1.12. The van der Waals surface area contributed by atoms with E-state index in [9.17, 15) is 0 Å². The predicted molar refractivity (Wildman–Crippen MR) is 80.9 cm³/mol. The van der Waals surface area contributed by atoms with Crippen LogP contribution in [0.2, 0.25) is 0 Å². The van der Waals surface area contributed by atoms with Crippen molar-refractivity contribution >= 4 is 26.7 Å². The lowest BCUT2D eigenvalue weighted by Gasteiger charge is -2.32. The number of para-hydroxylation sites is 1. The van der Waals surface area contributed by atoms with Crippen LogP contribution in [0.4, 0.5) is 5.13 Å². The minimum atomic E-state index is 0.598. The number of piperidine rings is 1. The van der Waals surface area contributed by atoms with Crippen molar-refractivity contribution in [1.29, 1.82) is 0 Å². The number of thiazole rings is 1. The Morgan fingerprint density at radius 1 is 1.16 bits per heavy atom. The standard InChI is InChI=1S/C15H19N3S/c1-2-7-14-12(5-1)17-15(19-14)16-11-8-10-18-9-4-3-6-13(11)18/h1-2,5,7,11,13H,3-4,6,8-10H2,(H,16,17). The first-order valence-corrected chi connectivity index (χ1v) is 8.08. The lowest BCUT2D eigenvalue weighted by atomic mass is 9.99. The molecule has 3 nitrogen and oxygen atoms in total. The van der Waals surface area contributed by atoms with Crippen LogP contribution in [0.1, 0.15) is 25.7 Å². The number of benzene rings is 1. The van der Waals surface area contributed by atoms with Gasteiger partial charge in [-0.3, -0.25) is 4.90 Å². The molecule has 0 radical (unpaired) electrons. The fourth-order valence-electron chi connectivity index (χ4n) is 3.51. The van der Waals surface area contributed by atoms with E-state index >= 15 is 0 Å². The fraction of sp³-hybridized carbons (Fsp3) is 0.533. The molecule has 0 aliphatic carbocycles. The first kappa shape index (κ1) is 11.7. The Morgan fingerprint density at radius 2 is 2.11 bits per heavy atom. The zero-order valence-corrected chi connectivity index (χ0v) is 11.8. The molecule has 2 aromatic rings. The van der Waals surface area contributed by atoms with Crippen molar-refractivity contribution in [2.45, 2.75) is 37.8 Å². The maximum Gasteiger partial charge on any atom is 0.184 e. The molecule has 3 heterocycles. The normalized spacial score (nSPS) is 27.6. The molecule has 4 rings (SSSR count). The molecule has 2 unspecified atom stereocenters. The Kier molecular flexibility index (Phi) is 2.93. The Labute approximate surface area is 117 Å². The number of aromatic nitrogens is 1. The zero-order chi connectivity index (χ0) is 12.7. The van der Waals surface area contributed by atoms with Crippen molar-refractivity contribution in [2.75, 3.05) is 18.4 Å². The van der Waals surface area contributed by atoms with Crippen LogP contribution in [0.15, 0.2) is 24.3 Å². The first-order valence-electron chi connectivity index (χ1n) is 7.26. The van der Waals surface area contributed by atoms with Gasteiger partial charge < -0.3 is 5.32 Å². The Hall–Kier alpha value is -1.13. The number of nitrogens with zero attached hydrogens (tertiary/aromatic N) is 2. The van der Waals surface area contributed by atoms with Crippen LogP contribution in [0.25, 0.3) is 10.2 Å². The molecule has 2 aliphatic rings. The van der Waals surface area contributed by atoms with Crippen LogP contribution in [0.5, 0.6) is 0 Å². The van der Waals surface area contributed by atoms with Crippen LogP contribution < -0.4 is 5.32 Å². The molecule has 2 aliphatic heterocycles. The second-order valence-electron chi connectivity index (χ2n) is 5.63. The fourth-order valence-corrected chi connectivity index (χ4v) is 4.44. The third-order valence-corrected chi connectivity index (χ3v) is 5.43. The minimum Gasteiger partial charge on any atom is -0.357 e. The van der Waals surface area contributed by atoms with Crippen molar-refractivity contribution in [3.8, 4) is 0 Å². The molecular weight excluding hydrogens is 254 g/mol. The molecule has 1 aromatic carbocycles.